The largest absolute Gasteiger partial charge is 0.416 e. The van der Waals surface area contributed by atoms with Crippen molar-refractivity contribution in [3.63, 3.8) is 0 Å². The molecule has 0 unspecified atom stereocenters. The second kappa shape index (κ2) is 4.77. The van der Waals surface area contributed by atoms with Gasteiger partial charge in [-0.05, 0) is 23.8 Å². The van der Waals surface area contributed by atoms with Gasteiger partial charge in [0, 0.05) is 16.8 Å². The van der Waals surface area contributed by atoms with Crippen molar-refractivity contribution in [2.75, 3.05) is 5.32 Å². The van der Waals surface area contributed by atoms with Crippen molar-refractivity contribution in [2.24, 2.45) is 0 Å². The Morgan fingerprint density at radius 2 is 1.71 bits per heavy atom. The van der Waals surface area contributed by atoms with Gasteiger partial charge in [0.1, 0.15) is 0 Å². The van der Waals surface area contributed by atoms with E-state index in [1.807, 2.05) is 30.3 Å². The molecule has 2 aromatic rings. The number of hydrogen-bond acceptors (Lipinski definition) is 1. The molecule has 2 aromatic carbocycles. The van der Waals surface area contributed by atoms with Crippen molar-refractivity contribution in [1.82, 2.24) is 0 Å². The van der Waals surface area contributed by atoms with E-state index in [0.29, 0.717) is 11.1 Å². The molecule has 0 fully saturated rings. The summed E-state index contributed by atoms with van der Waals surface area (Å²) in [5, 5.41) is 2.47. The van der Waals surface area contributed by atoms with Crippen molar-refractivity contribution < 1.29 is 18.0 Å². The molecule has 0 bridgehead atoms. The standard InChI is InChI=1S/C16H10F3NO/c17-16(18,19)11-6-7-12-13(15(21)20-14(12)9-11)8-10-4-2-1-3-5-10/h1-9H,(H,20,21)/b13-8+. The van der Waals surface area contributed by atoms with Gasteiger partial charge in [-0.3, -0.25) is 4.79 Å². The summed E-state index contributed by atoms with van der Waals surface area (Å²) in [6, 6.07) is 12.4. The van der Waals surface area contributed by atoms with Crippen LogP contribution in [0.25, 0.3) is 11.6 Å². The number of amides is 1. The lowest BCUT2D eigenvalue weighted by Crippen LogP contribution is -2.06. The van der Waals surface area contributed by atoms with Crippen molar-refractivity contribution in [3.05, 3.63) is 65.2 Å². The lowest BCUT2D eigenvalue weighted by molar-refractivity contribution is -0.137. The third kappa shape index (κ3) is 2.54. The van der Waals surface area contributed by atoms with Crippen LogP contribution in [-0.2, 0) is 11.0 Å². The molecule has 1 amide bonds. The van der Waals surface area contributed by atoms with Crippen LogP contribution in [0, 0.1) is 0 Å². The number of carbonyl (C=O) groups excluding carboxylic acids is 1. The Bertz CT molecular complexity index is 733. The molecule has 0 aromatic heterocycles. The average molecular weight is 289 g/mol. The maximum atomic E-state index is 12.7. The molecule has 0 spiro atoms. The first-order valence-electron chi connectivity index (χ1n) is 6.25. The Balaban J connectivity index is 2.05. The maximum absolute atomic E-state index is 12.7. The SMILES string of the molecule is O=C1Nc2cc(C(F)(F)F)ccc2/C1=C\c1ccccc1. The predicted molar refractivity (Wildman–Crippen MR) is 74.4 cm³/mol. The zero-order valence-corrected chi connectivity index (χ0v) is 10.7. The van der Waals surface area contributed by atoms with E-state index >= 15 is 0 Å². The maximum Gasteiger partial charge on any atom is 0.416 e. The number of hydrogen-bond donors (Lipinski definition) is 1. The highest BCUT2D eigenvalue weighted by Gasteiger charge is 2.33. The third-order valence-corrected chi connectivity index (χ3v) is 3.24. The molecule has 2 nitrogen and oxygen atoms in total. The lowest BCUT2D eigenvalue weighted by atomic mass is 10.0. The van der Waals surface area contributed by atoms with Crippen LogP contribution in [0.1, 0.15) is 16.7 Å². The summed E-state index contributed by atoms with van der Waals surface area (Å²) in [7, 11) is 0. The highest BCUT2D eigenvalue weighted by atomic mass is 19.4. The molecule has 3 rings (SSSR count). The first-order valence-corrected chi connectivity index (χ1v) is 6.25. The molecule has 0 saturated carbocycles. The fourth-order valence-corrected chi connectivity index (χ4v) is 2.23. The van der Waals surface area contributed by atoms with Gasteiger partial charge in [-0.1, -0.05) is 36.4 Å². The number of nitrogens with one attached hydrogen (secondary N) is 1. The van der Waals surface area contributed by atoms with Crippen LogP contribution >= 0.6 is 0 Å². The second-order valence-electron chi connectivity index (χ2n) is 4.68. The minimum Gasteiger partial charge on any atom is -0.321 e. The van der Waals surface area contributed by atoms with Crippen LogP contribution in [0.2, 0.25) is 0 Å². The summed E-state index contributed by atoms with van der Waals surface area (Å²) in [5.41, 5.74) is 1.08. The number of halogens is 3. The van der Waals surface area contributed by atoms with Gasteiger partial charge in [-0.2, -0.15) is 13.2 Å². The molecule has 1 N–H and O–H groups in total. The van der Waals surface area contributed by atoms with E-state index in [9.17, 15) is 18.0 Å². The molecule has 1 heterocycles. The average Bonchev–Trinajstić information content (AvgIpc) is 2.75. The number of benzene rings is 2. The fraction of sp³-hybridized carbons (Fsp3) is 0.0625. The van der Waals surface area contributed by atoms with Gasteiger partial charge in [0.15, 0.2) is 0 Å². The summed E-state index contributed by atoms with van der Waals surface area (Å²) in [6.07, 6.45) is -2.76. The smallest absolute Gasteiger partial charge is 0.321 e. The predicted octanol–water partition coefficient (Wildman–Crippen LogP) is 4.20. The van der Waals surface area contributed by atoms with Crippen LogP contribution in [-0.4, -0.2) is 5.91 Å². The van der Waals surface area contributed by atoms with Gasteiger partial charge < -0.3 is 5.32 Å². The highest BCUT2D eigenvalue weighted by molar-refractivity contribution is 6.34. The van der Waals surface area contributed by atoms with Gasteiger partial charge >= 0.3 is 6.18 Å². The molecule has 5 heteroatoms. The number of rotatable bonds is 1. The van der Waals surface area contributed by atoms with Crippen molar-refractivity contribution in [1.29, 1.82) is 0 Å². The summed E-state index contributed by atoms with van der Waals surface area (Å²) in [5.74, 6) is -0.395. The monoisotopic (exact) mass is 289 g/mol. The Labute approximate surface area is 118 Å². The fourth-order valence-electron chi connectivity index (χ4n) is 2.23. The van der Waals surface area contributed by atoms with E-state index in [1.165, 1.54) is 6.07 Å². The van der Waals surface area contributed by atoms with Crippen LogP contribution < -0.4 is 5.32 Å². The van der Waals surface area contributed by atoms with Gasteiger partial charge in [0.25, 0.3) is 5.91 Å². The molecule has 21 heavy (non-hydrogen) atoms. The molecule has 0 atom stereocenters. The van der Waals surface area contributed by atoms with Crippen molar-refractivity contribution in [2.45, 2.75) is 6.18 Å². The highest BCUT2D eigenvalue weighted by Crippen LogP contribution is 2.38. The number of alkyl halides is 3. The normalized spacial score (nSPS) is 16.0. The van der Waals surface area contributed by atoms with Gasteiger partial charge in [0.2, 0.25) is 0 Å². The van der Waals surface area contributed by atoms with E-state index in [4.69, 9.17) is 0 Å². The van der Waals surface area contributed by atoms with Crippen molar-refractivity contribution in [3.8, 4) is 0 Å². The quantitative estimate of drug-likeness (QED) is 0.783. The molecule has 0 saturated heterocycles. The third-order valence-electron chi connectivity index (χ3n) is 3.24. The zero-order valence-electron chi connectivity index (χ0n) is 10.7. The molecule has 106 valence electrons. The molecular formula is C16H10F3NO. The summed E-state index contributed by atoms with van der Waals surface area (Å²) >= 11 is 0. The van der Waals surface area contributed by atoms with Gasteiger partial charge in [-0.25, -0.2) is 0 Å². The molecule has 1 aliphatic rings. The van der Waals surface area contributed by atoms with Crippen molar-refractivity contribution >= 4 is 23.2 Å². The number of carbonyl (C=O) groups is 1. The first-order chi connectivity index (χ1) is 9.95. The minimum atomic E-state index is -4.42. The Morgan fingerprint density at radius 1 is 1.00 bits per heavy atom. The zero-order chi connectivity index (χ0) is 15.0. The van der Waals surface area contributed by atoms with E-state index in [0.717, 1.165) is 17.7 Å². The number of fused-ring (bicyclic) bond motifs is 1. The Morgan fingerprint density at radius 3 is 2.38 bits per heavy atom. The topological polar surface area (TPSA) is 29.1 Å². The summed E-state index contributed by atoms with van der Waals surface area (Å²) in [6.45, 7) is 0. The Hall–Kier alpha value is -2.56. The number of anilines is 1. The van der Waals surface area contributed by atoms with Crippen LogP contribution in [0.5, 0.6) is 0 Å². The molecular weight excluding hydrogens is 279 g/mol. The minimum absolute atomic E-state index is 0.192. The van der Waals surface area contributed by atoms with Gasteiger partial charge in [0.05, 0.1) is 5.56 Å². The Kier molecular flexibility index (Phi) is 3.05. The van der Waals surface area contributed by atoms with E-state index in [-0.39, 0.29) is 5.69 Å². The molecule has 0 aliphatic carbocycles. The summed E-state index contributed by atoms with van der Waals surface area (Å²) < 4.78 is 38.0. The van der Waals surface area contributed by atoms with E-state index in [1.54, 1.807) is 6.08 Å². The lowest BCUT2D eigenvalue weighted by Gasteiger charge is -2.08. The van der Waals surface area contributed by atoms with E-state index in [2.05, 4.69) is 5.32 Å². The first kappa shape index (κ1) is 13.4. The molecule has 0 radical (unpaired) electrons. The van der Waals surface area contributed by atoms with E-state index < -0.39 is 17.6 Å². The van der Waals surface area contributed by atoms with Crippen LogP contribution in [0.3, 0.4) is 0 Å². The van der Waals surface area contributed by atoms with Crippen LogP contribution in [0.15, 0.2) is 48.5 Å². The molecule has 1 aliphatic heterocycles. The summed E-state index contributed by atoms with van der Waals surface area (Å²) in [4.78, 5) is 11.9. The van der Waals surface area contributed by atoms with Gasteiger partial charge in [-0.15, -0.1) is 0 Å². The second-order valence-corrected chi connectivity index (χ2v) is 4.68. The van der Waals surface area contributed by atoms with Crippen LogP contribution in [0.4, 0.5) is 18.9 Å².